The number of nitrogens with two attached hydrogens (primary N) is 1. The average molecular weight is 189 g/mol. The van der Waals surface area contributed by atoms with Crippen LogP contribution in [0.4, 0.5) is 5.69 Å². The second-order valence-electron chi connectivity index (χ2n) is 3.05. The van der Waals surface area contributed by atoms with Gasteiger partial charge in [0, 0.05) is 5.56 Å². The highest BCUT2D eigenvalue weighted by Gasteiger charge is 2.16. The first-order valence-electron chi connectivity index (χ1n) is 4.20. The third-order valence-electron chi connectivity index (χ3n) is 2.19. The molecule has 2 N–H and O–H groups in total. The highest BCUT2D eigenvalue weighted by molar-refractivity contribution is 5.93. The summed E-state index contributed by atoms with van der Waals surface area (Å²) >= 11 is 0. The van der Waals surface area contributed by atoms with E-state index in [0.717, 1.165) is 5.56 Å². The number of rotatable bonds is 0. The second kappa shape index (κ2) is 2.47. The lowest BCUT2D eigenvalue weighted by Gasteiger charge is -2.13. The molecule has 14 heavy (non-hydrogen) atoms. The Hall–Kier alpha value is -2.04. The molecule has 0 atom stereocenters. The molecular formula is C9H7N3O2. The van der Waals surface area contributed by atoms with Gasteiger partial charge in [-0.15, -0.1) is 0 Å². The van der Waals surface area contributed by atoms with Crippen molar-refractivity contribution in [2.45, 2.75) is 0 Å². The van der Waals surface area contributed by atoms with Crippen LogP contribution in [0, 0.1) is 0 Å². The van der Waals surface area contributed by atoms with Crippen molar-refractivity contribution in [3.63, 3.8) is 0 Å². The van der Waals surface area contributed by atoms with Crippen LogP contribution in [-0.2, 0) is 0 Å². The topological polar surface area (TPSA) is 74.2 Å². The van der Waals surface area contributed by atoms with Crippen molar-refractivity contribution < 1.29 is 9.37 Å². The highest BCUT2D eigenvalue weighted by Crippen LogP contribution is 2.35. The van der Waals surface area contributed by atoms with Gasteiger partial charge in [0.05, 0.1) is 0 Å². The summed E-state index contributed by atoms with van der Waals surface area (Å²) in [5.41, 5.74) is 8.47. The molecule has 0 bridgehead atoms. The van der Waals surface area contributed by atoms with Gasteiger partial charge >= 0.3 is 0 Å². The Morgan fingerprint density at radius 3 is 3.21 bits per heavy atom. The molecule has 0 saturated carbocycles. The Balaban J connectivity index is 2.43. The van der Waals surface area contributed by atoms with E-state index in [2.05, 4.69) is 14.9 Å². The average Bonchev–Trinajstić information content (AvgIpc) is 2.66. The van der Waals surface area contributed by atoms with Gasteiger partial charge in [-0.2, -0.15) is 0 Å². The van der Waals surface area contributed by atoms with E-state index >= 15 is 0 Å². The molecule has 0 spiro atoms. The standard InChI is InChI=1S/C9H7N3O2/c10-7-8-6(11-14-12-8)4-5-2-1-3-13-9(5)7/h1-2,4H,3,10H2. The van der Waals surface area contributed by atoms with E-state index < -0.39 is 0 Å². The van der Waals surface area contributed by atoms with Crippen LogP contribution in [0.3, 0.4) is 0 Å². The molecule has 2 heterocycles. The van der Waals surface area contributed by atoms with Gasteiger partial charge in [0.15, 0.2) is 11.3 Å². The van der Waals surface area contributed by atoms with Crippen LogP contribution in [0.25, 0.3) is 17.1 Å². The SMILES string of the molecule is Nc1c2c(cc3nonc13)C=CCO2. The summed E-state index contributed by atoms with van der Waals surface area (Å²) in [5, 5.41) is 7.44. The predicted octanol–water partition coefficient (Wildman–Crippen LogP) is 1.21. The Kier molecular flexibility index (Phi) is 1.30. The maximum absolute atomic E-state index is 5.86. The van der Waals surface area contributed by atoms with Crippen molar-refractivity contribution in [3.05, 3.63) is 17.7 Å². The molecule has 1 aliphatic rings. The monoisotopic (exact) mass is 189 g/mol. The first kappa shape index (κ1) is 7.37. The number of anilines is 1. The molecule has 70 valence electrons. The molecule has 1 aromatic carbocycles. The van der Waals surface area contributed by atoms with Gasteiger partial charge in [0.1, 0.15) is 17.8 Å². The van der Waals surface area contributed by atoms with Crippen LogP contribution >= 0.6 is 0 Å². The Morgan fingerprint density at radius 2 is 2.29 bits per heavy atom. The largest absolute Gasteiger partial charge is 0.487 e. The van der Waals surface area contributed by atoms with E-state index in [1.165, 1.54) is 0 Å². The Bertz CT molecular complexity index is 530. The normalized spacial score (nSPS) is 14.0. The molecule has 1 aromatic heterocycles. The fourth-order valence-corrected chi connectivity index (χ4v) is 1.54. The number of fused-ring (bicyclic) bond motifs is 2. The fraction of sp³-hybridized carbons (Fsp3) is 0.111. The van der Waals surface area contributed by atoms with Crippen LogP contribution < -0.4 is 10.5 Å². The fourth-order valence-electron chi connectivity index (χ4n) is 1.54. The number of benzene rings is 1. The zero-order chi connectivity index (χ0) is 9.54. The number of hydrogen-bond donors (Lipinski definition) is 1. The highest BCUT2D eigenvalue weighted by atomic mass is 16.6. The summed E-state index contributed by atoms with van der Waals surface area (Å²) in [6.07, 6.45) is 3.87. The van der Waals surface area contributed by atoms with E-state index in [4.69, 9.17) is 10.5 Å². The smallest absolute Gasteiger partial charge is 0.161 e. The molecule has 3 rings (SSSR count). The summed E-state index contributed by atoms with van der Waals surface area (Å²) in [7, 11) is 0. The van der Waals surface area contributed by atoms with Crippen molar-refractivity contribution in [2.75, 3.05) is 12.3 Å². The van der Waals surface area contributed by atoms with Gasteiger partial charge < -0.3 is 10.5 Å². The van der Waals surface area contributed by atoms with Gasteiger partial charge in [-0.1, -0.05) is 6.08 Å². The summed E-state index contributed by atoms with van der Waals surface area (Å²) < 4.78 is 10.0. The maximum Gasteiger partial charge on any atom is 0.161 e. The van der Waals surface area contributed by atoms with Crippen molar-refractivity contribution >= 4 is 22.8 Å². The number of nitrogen functional groups attached to an aromatic ring is 1. The summed E-state index contributed by atoms with van der Waals surface area (Å²) in [5.74, 6) is 0.663. The molecule has 1 aliphatic heterocycles. The minimum atomic E-state index is 0.489. The van der Waals surface area contributed by atoms with Gasteiger partial charge in [0.25, 0.3) is 0 Å². The molecule has 2 aromatic rings. The van der Waals surface area contributed by atoms with Gasteiger partial charge in [-0.05, 0) is 22.5 Å². The lowest BCUT2D eigenvalue weighted by Crippen LogP contribution is -2.04. The number of nitrogens with zero attached hydrogens (tertiary/aromatic N) is 2. The van der Waals surface area contributed by atoms with Crippen LogP contribution in [0.15, 0.2) is 16.8 Å². The van der Waals surface area contributed by atoms with Gasteiger partial charge in [0.2, 0.25) is 0 Å². The van der Waals surface area contributed by atoms with Gasteiger partial charge in [-0.3, -0.25) is 0 Å². The van der Waals surface area contributed by atoms with Crippen LogP contribution in [-0.4, -0.2) is 16.9 Å². The van der Waals surface area contributed by atoms with E-state index in [1.807, 2.05) is 18.2 Å². The molecule has 0 radical (unpaired) electrons. The van der Waals surface area contributed by atoms with Gasteiger partial charge in [-0.25, -0.2) is 4.63 Å². The number of hydrogen-bond acceptors (Lipinski definition) is 5. The number of aromatic nitrogens is 2. The molecule has 0 amide bonds. The van der Waals surface area contributed by atoms with Crippen molar-refractivity contribution in [2.24, 2.45) is 0 Å². The Labute approximate surface area is 79.1 Å². The summed E-state index contributed by atoms with van der Waals surface area (Å²) in [4.78, 5) is 0. The maximum atomic E-state index is 5.86. The molecule has 0 fully saturated rings. The molecule has 0 saturated heterocycles. The van der Waals surface area contributed by atoms with E-state index in [9.17, 15) is 0 Å². The molecule has 5 heteroatoms. The lowest BCUT2D eigenvalue weighted by atomic mass is 10.1. The molecule has 0 unspecified atom stereocenters. The molecular weight excluding hydrogens is 182 g/mol. The van der Waals surface area contributed by atoms with Crippen LogP contribution in [0.2, 0.25) is 0 Å². The summed E-state index contributed by atoms with van der Waals surface area (Å²) in [6, 6.07) is 1.84. The predicted molar refractivity (Wildman–Crippen MR) is 50.7 cm³/mol. The third kappa shape index (κ3) is 0.834. The van der Waals surface area contributed by atoms with Crippen LogP contribution in [0.5, 0.6) is 5.75 Å². The molecule has 0 aliphatic carbocycles. The van der Waals surface area contributed by atoms with Crippen molar-refractivity contribution in [1.29, 1.82) is 0 Å². The Morgan fingerprint density at radius 1 is 1.36 bits per heavy atom. The third-order valence-corrected chi connectivity index (χ3v) is 2.19. The number of ether oxygens (including phenoxy) is 1. The minimum absolute atomic E-state index is 0.489. The first-order valence-corrected chi connectivity index (χ1v) is 4.20. The van der Waals surface area contributed by atoms with E-state index in [0.29, 0.717) is 29.1 Å². The minimum Gasteiger partial charge on any atom is -0.487 e. The van der Waals surface area contributed by atoms with E-state index in [-0.39, 0.29) is 0 Å². The lowest BCUT2D eigenvalue weighted by molar-refractivity contribution is 0.315. The zero-order valence-corrected chi connectivity index (χ0v) is 7.23. The first-order chi connectivity index (χ1) is 6.86. The molecule has 5 nitrogen and oxygen atoms in total. The zero-order valence-electron chi connectivity index (χ0n) is 7.23. The van der Waals surface area contributed by atoms with E-state index in [1.54, 1.807) is 0 Å². The van der Waals surface area contributed by atoms with Crippen molar-refractivity contribution in [1.82, 2.24) is 10.3 Å². The summed E-state index contributed by atoms with van der Waals surface area (Å²) in [6.45, 7) is 0.536. The van der Waals surface area contributed by atoms with Crippen LogP contribution in [0.1, 0.15) is 5.56 Å². The van der Waals surface area contributed by atoms with Crippen molar-refractivity contribution in [3.8, 4) is 5.75 Å². The quantitative estimate of drug-likeness (QED) is 0.630. The second-order valence-corrected chi connectivity index (χ2v) is 3.05.